The van der Waals surface area contributed by atoms with E-state index >= 15 is 0 Å². The topological polar surface area (TPSA) is 83.0 Å². The molecule has 0 aliphatic heterocycles. The maximum atomic E-state index is 11.3. The maximum absolute atomic E-state index is 11.3. The largest absolute Gasteiger partial charge is 0.385 e. The highest BCUT2D eigenvalue weighted by Gasteiger charge is 2.04. The number of methoxy groups -OCH3 is 1. The summed E-state index contributed by atoms with van der Waals surface area (Å²) in [6.45, 7) is 6.89. The van der Waals surface area contributed by atoms with Crippen LogP contribution >= 0.6 is 24.0 Å². The molecule has 0 fully saturated rings. The lowest BCUT2D eigenvalue weighted by Gasteiger charge is -2.18. The van der Waals surface area contributed by atoms with E-state index in [1.807, 2.05) is 31.2 Å². The first kappa shape index (κ1) is 27.1. The van der Waals surface area contributed by atoms with E-state index in [9.17, 15) is 8.42 Å². The Morgan fingerprint density at radius 1 is 1.14 bits per heavy atom. The molecule has 0 aliphatic carbocycles. The molecule has 7 nitrogen and oxygen atoms in total. The minimum atomic E-state index is -3.01. The van der Waals surface area contributed by atoms with E-state index in [1.165, 1.54) is 6.26 Å². The van der Waals surface area contributed by atoms with Crippen molar-refractivity contribution >= 4 is 39.8 Å². The van der Waals surface area contributed by atoms with Crippen molar-refractivity contribution in [1.82, 2.24) is 15.5 Å². The summed E-state index contributed by atoms with van der Waals surface area (Å²) < 4.78 is 27.8. The predicted octanol–water partition coefficient (Wildman–Crippen LogP) is 1.87. The molecule has 0 amide bonds. The van der Waals surface area contributed by atoms with E-state index in [4.69, 9.17) is 4.74 Å². The number of ether oxygens (including phenoxy) is 1. The Balaban J connectivity index is 0.00000729. The van der Waals surface area contributed by atoms with Gasteiger partial charge in [0.1, 0.15) is 0 Å². The minimum absolute atomic E-state index is 0. The third kappa shape index (κ3) is 13.3. The third-order valence-electron chi connectivity index (χ3n) is 3.89. The van der Waals surface area contributed by atoms with E-state index in [2.05, 4.69) is 27.6 Å². The van der Waals surface area contributed by atoms with E-state index in [0.29, 0.717) is 6.54 Å². The van der Waals surface area contributed by atoms with Gasteiger partial charge in [-0.1, -0.05) is 24.3 Å². The maximum Gasteiger partial charge on any atom is 0.191 e. The molecule has 1 aromatic carbocycles. The van der Waals surface area contributed by atoms with E-state index < -0.39 is 9.84 Å². The molecule has 2 N–H and O–H groups in total. The number of likely N-dealkylation sites (N-methyl/N-ethyl adjacent to an activating group) is 1. The van der Waals surface area contributed by atoms with Gasteiger partial charge in [0.15, 0.2) is 15.8 Å². The molecule has 9 heteroatoms. The van der Waals surface area contributed by atoms with Crippen molar-refractivity contribution in [3.8, 4) is 0 Å². The molecule has 0 aliphatic rings. The zero-order valence-electron chi connectivity index (χ0n) is 17.4. The van der Waals surface area contributed by atoms with Crippen molar-refractivity contribution < 1.29 is 13.2 Å². The molecule has 0 radical (unpaired) electrons. The summed E-state index contributed by atoms with van der Waals surface area (Å²) in [7, 11) is 0.812. The summed E-state index contributed by atoms with van der Waals surface area (Å²) in [6, 6.07) is 7.55. The number of guanidine groups is 1. The lowest BCUT2D eigenvalue weighted by molar-refractivity contribution is 0.180. The first-order valence-corrected chi connectivity index (χ1v) is 11.3. The summed E-state index contributed by atoms with van der Waals surface area (Å²) >= 11 is 0. The Labute approximate surface area is 187 Å². The Hall–Kier alpha value is -0.910. The van der Waals surface area contributed by atoms with Gasteiger partial charge in [-0.15, -0.1) is 24.0 Å². The van der Waals surface area contributed by atoms with Gasteiger partial charge >= 0.3 is 0 Å². The first-order chi connectivity index (χ1) is 12.8. The van der Waals surface area contributed by atoms with Gasteiger partial charge in [-0.05, 0) is 31.5 Å². The van der Waals surface area contributed by atoms with Crippen LogP contribution in [0.1, 0.15) is 24.5 Å². The van der Waals surface area contributed by atoms with E-state index in [1.54, 1.807) is 7.11 Å². The summed E-state index contributed by atoms with van der Waals surface area (Å²) in [4.78, 5) is 6.86. The molecule has 0 heterocycles. The molecule has 162 valence electrons. The van der Waals surface area contributed by atoms with Crippen LogP contribution in [0.4, 0.5) is 0 Å². The van der Waals surface area contributed by atoms with E-state index in [0.717, 1.165) is 56.3 Å². The van der Waals surface area contributed by atoms with Gasteiger partial charge in [0, 0.05) is 46.2 Å². The average molecular weight is 526 g/mol. The molecule has 0 spiro atoms. The van der Waals surface area contributed by atoms with Crippen LogP contribution in [0.2, 0.25) is 0 Å². The van der Waals surface area contributed by atoms with Gasteiger partial charge in [-0.25, -0.2) is 13.4 Å². The van der Waals surface area contributed by atoms with Gasteiger partial charge < -0.3 is 20.3 Å². The lowest BCUT2D eigenvalue weighted by Crippen LogP contribution is -2.41. The standard InChI is InChI=1S/C19H34N4O3S.HI/c1-5-20-19(21-11-13-23(2)12-6-14-26-3)22-15-17-7-9-18(10-8-17)16-27(4,24)25;/h7-10H,5-6,11-16H2,1-4H3,(H2,20,21,22);1H. The smallest absolute Gasteiger partial charge is 0.191 e. The number of benzene rings is 1. The van der Waals surface area contributed by atoms with Crippen LogP contribution in [-0.2, 0) is 26.9 Å². The summed E-state index contributed by atoms with van der Waals surface area (Å²) in [5, 5.41) is 6.58. The van der Waals surface area contributed by atoms with E-state index in [-0.39, 0.29) is 29.7 Å². The van der Waals surface area contributed by atoms with Gasteiger partial charge in [0.05, 0.1) is 12.3 Å². The van der Waals surface area contributed by atoms with Crippen molar-refractivity contribution in [2.24, 2.45) is 4.99 Å². The fourth-order valence-corrected chi connectivity index (χ4v) is 3.31. The fraction of sp³-hybridized carbons (Fsp3) is 0.632. The summed E-state index contributed by atoms with van der Waals surface area (Å²) in [5.41, 5.74) is 1.84. The average Bonchev–Trinajstić information content (AvgIpc) is 2.60. The molecule has 0 saturated carbocycles. The van der Waals surface area contributed by atoms with Crippen molar-refractivity contribution in [3.63, 3.8) is 0 Å². The zero-order valence-corrected chi connectivity index (χ0v) is 20.5. The first-order valence-electron chi connectivity index (χ1n) is 9.29. The van der Waals surface area contributed by atoms with Crippen molar-refractivity contribution in [3.05, 3.63) is 35.4 Å². The van der Waals surface area contributed by atoms with Crippen LogP contribution in [0.15, 0.2) is 29.3 Å². The van der Waals surface area contributed by atoms with Crippen LogP contribution in [0, 0.1) is 0 Å². The van der Waals surface area contributed by atoms with Gasteiger partial charge in [0.2, 0.25) is 0 Å². The normalized spacial score (nSPS) is 12.0. The van der Waals surface area contributed by atoms with Crippen LogP contribution in [0.25, 0.3) is 0 Å². The quantitative estimate of drug-likeness (QED) is 0.187. The van der Waals surface area contributed by atoms with Gasteiger partial charge in [-0.2, -0.15) is 0 Å². The second-order valence-electron chi connectivity index (χ2n) is 6.66. The van der Waals surface area contributed by atoms with Crippen molar-refractivity contribution in [2.75, 3.05) is 53.2 Å². The Kier molecular flexibility index (Phi) is 14.5. The Morgan fingerprint density at radius 2 is 1.79 bits per heavy atom. The van der Waals surface area contributed by atoms with Gasteiger partial charge in [0.25, 0.3) is 0 Å². The molecular weight excluding hydrogens is 491 g/mol. The summed E-state index contributed by atoms with van der Waals surface area (Å²) in [6.07, 6.45) is 2.27. The molecule has 0 unspecified atom stereocenters. The zero-order chi connectivity index (χ0) is 20.1. The third-order valence-corrected chi connectivity index (χ3v) is 4.75. The van der Waals surface area contributed by atoms with Crippen LogP contribution < -0.4 is 10.6 Å². The van der Waals surface area contributed by atoms with Crippen molar-refractivity contribution in [2.45, 2.75) is 25.6 Å². The fourth-order valence-electron chi connectivity index (χ4n) is 2.51. The highest BCUT2D eigenvalue weighted by atomic mass is 127. The SMILES string of the molecule is CCNC(=NCc1ccc(CS(C)(=O)=O)cc1)NCCN(C)CCCOC.I. The monoisotopic (exact) mass is 526 g/mol. The number of hydrogen-bond donors (Lipinski definition) is 2. The number of nitrogens with one attached hydrogen (secondary N) is 2. The molecule has 0 aromatic heterocycles. The molecule has 28 heavy (non-hydrogen) atoms. The molecule has 0 saturated heterocycles. The molecule has 0 bridgehead atoms. The molecular formula is C19H35IN4O3S. The lowest BCUT2D eigenvalue weighted by atomic mass is 10.1. The Morgan fingerprint density at radius 3 is 2.36 bits per heavy atom. The minimum Gasteiger partial charge on any atom is -0.385 e. The second-order valence-corrected chi connectivity index (χ2v) is 8.80. The van der Waals surface area contributed by atoms with Crippen LogP contribution in [0.5, 0.6) is 0 Å². The second kappa shape index (κ2) is 15.0. The van der Waals surface area contributed by atoms with Crippen LogP contribution in [0.3, 0.4) is 0 Å². The molecule has 1 aromatic rings. The highest BCUT2D eigenvalue weighted by Crippen LogP contribution is 2.08. The number of aliphatic imine (C=N–C) groups is 1. The molecule has 0 atom stereocenters. The van der Waals surface area contributed by atoms with Crippen molar-refractivity contribution in [1.29, 1.82) is 0 Å². The predicted molar refractivity (Wildman–Crippen MR) is 127 cm³/mol. The molecule has 1 rings (SSSR count). The summed E-state index contributed by atoms with van der Waals surface area (Å²) in [5.74, 6) is 0.849. The van der Waals surface area contributed by atoms with Crippen LogP contribution in [-0.4, -0.2) is 72.5 Å². The number of rotatable bonds is 12. The van der Waals surface area contributed by atoms with Gasteiger partial charge in [-0.3, -0.25) is 0 Å². The highest BCUT2D eigenvalue weighted by molar-refractivity contribution is 14.0. The number of halogens is 1. The number of nitrogens with zero attached hydrogens (tertiary/aromatic N) is 2. The number of hydrogen-bond acceptors (Lipinski definition) is 5. The number of sulfone groups is 1. The Bertz CT molecular complexity index is 666.